The van der Waals surface area contributed by atoms with Gasteiger partial charge in [-0.25, -0.2) is 4.98 Å². The van der Waals surface area contributed by atoms with E-state index in [0.29, 0.717) is 5.13 Å². The monoisotopic (exact) mass is 220 g/mol. The van der Waals surface area contributed by atoms with E-state index in [4.69, 9.17) is 5.73 Å². The fraction of sp³-hybridized carbons (Fsp3) is 0.0909. The smallest absolute Gasteiger partial charge is 0.180 e. The standard InChI is InChI=1S/C11H12N2OS/c1-3-8(2)9(5-4-6-14)10-7-15-11(12)13-10/h3-7H,1H2,2H3,(H2,12,13)/b5-4-,9-8+. The molecule has 0 aliphatic heterocycles. The molecule has 0 saturated heterocycles. The third-order valence-corrected chi connectivity index (χ3v) is 2.54. The minimum atomic E-state index is 0.513. The predicted octanol–water partition coefficient (Wildman–Crippen LogP) is 2.44. The van der Waals surface area contributed by atoms with E-state index in [1.54, 1.807) is 12.2 Å². The molecule has 0 aliphatic carbocycles. The largest absolute Gasteiger partial charge is 0.375 e. The first-order valence-corrected chi connectivity index (χ1v) is 5.23. The summed E-state index contributed by atoms with van der Waals surface area (Å²) in [6.07, 6.45) is 5.59. The van der Waals surface area contributed by atoms with Gasteiger partial charge in [-0.3, -0.25) is 4.79 Å². The molecule has 0 spiro atoms. The van der Waals surface area contributed by atoms with Gasteiger partial charge in [-0.1, -0.05) is 12.7 Å². The first-order chi connectivity index (χ1) is 7.19. The minimum absolute atomic E-state index is 0.513. The van der Waals surface area contributed by atoms with Gasteiger partial charge >= 0.3 is 0 Å². The summed E-state index contributed by atoms with van der Waals surface area (Å²) >= 11 is 1.37. The van der Waals surface area contributed by atoms with Crippen LogP contribution in [0.4, 0.5) is 5.13 Å². The molecule has 0 saturated carbocycles. The Labute approximate surface area is 92.6 Å². The lowest BCUT2D eigenvalue weighted by Crippen LogP contribution is -1.87. The van der Waals surface area contributed by atoms with Gasteiger partial charge in [-0.05, 0) is 24.6 Å². The fourth-order valence-corrected chi connectivity index (χ4v) is 1.64. The number of carbonyl (C=O) groups is 1. The van der Waals surface area contributed by atoms with E-state index < -0.39 is 0 Å². The summed E-state index contributed by atoms with van der Waals surface area (Å²) < 4.78 is 0. The number of nitrogens with two attached hydrogens (primary N) is 1. The maximum absolute atomic E-state index is 10.3. The first-order valence-electron chi connectivity index (χ1n) is 4.35. The number of rotatable bonds is 4. The average Bonchev–Trinajstić information content (AvgIpc) is 2.65. The maximum atomic E-state index is 10.3. The molecule has 0 bridgehead atoms. The van der Waals surface area contributed by atoms with Crippen LogP contribution in [0.5, 0.6) is 0 Å². The number of aldehydes is 1. The van der Waals surface area contributed by atoms with Crippen molar-refractivity contribution in [2.24, 2.45) is 0 Å². The van der Waals surface area contributed by atoms with Gasteiger partial charge in [0.25, 0.3) is 0 Å². The second kappa shape index (κ2) is 5.26. The Morgan fingerprint density at radius 1 is 1.67 bits per heavy atom. The van der Waals surface area contributed by atoms with E-state index in [-0.39, 0.29) is 0 Å². The second-order valence-electron chi connectivity index (χ2n) is 2.87. The lowest BCUT2D eigenvalue weighted by molar-refractivity contribution is -0.104. The summed E-state index contributed by atoms with van der Waals surface area (Å²) in [4.78, 5) is 14.4. The van der Waals surface area contributed by atoms with Gasteiger partial charge in [0, 0.05) is 11.0 Å². The summed E-state index contributed by atoms with van der Waals surface area (Å²) in [5.41, 5.74) is 8.15. The number of thiazole rings is 1. The Kier molecular flexibility index (Phi) is 4.00. The SMILES string of the molecule is C=C/C(C)=C(\C=C/C=O)c1csc(N)n1. The van der Waals surface area contributed by atoms with E-state index in [2.05, 4.69) is 11.6 Å². The van der Waals surface area contributed by atoms with E-state index in [9.17, 15) is 4.79 Å². The molecular formula is C11H12N2OS. The fourth-order valence-electron chi connectivity index (χ4n) is 1.08. The van der Waals surface area contributed by atoms with Crippen LogP contribution in [-0.4, -0.2) is 11.3 Å². The van der Waals surface area contributed by atoms with Crippen molar-refractivity contribution in [3.63, 3.8) is 0 Å². The van der Waals surface area contributed by atoms with Crippen LogP contribution < -0.4 is 5.73 Å². The molecule has 1 heterocycles. The van der Waals surface area contributed by atoms with E-state index in [0.717, 1.165) is 23.1 Å². The minimum Gasteiger partial charge on any atom is -0.375 e. The molecule has 4 heteroatoms. The molecule has 3 nitrogen and oxygen atoms in total. The summed E-state index contributed by atoms with van der Waals surface area (Å²) in [6.45, 7) is 5.60. The summed E-state index contributed by atoms with van der Waals surface area (Å²) in [6, 6.07) is 0. The molecule has 2 N–H and O–H groups in total. The molecule has 0 radical (unpaired) electrons. The predicted molar refractivity (Wildman–Crippen MR) is 64.5 cm³/mol. The van der Waals surface area contributed by atoms with Gasteiger partial charge in [0.2, 0.25) is 0 Å². The maximum Gasteiger partial charge on any atom is 0.180 e. The van der Waals surface area contributed by atoms with Crippen molar-refractivity contribution in [3.05, 3.63) is 41.5 Å². The molecule has 1 rings (SSSR count). The quantitative estimate of drug-likeness (QED) is 0.481. The van der Waals surface area contributed by atoms with E-state index in [1.807, 2.05) is 12.3 Å². The second-order valence-corrected chi connectivity index (χ2v) is 3.76. The van der Waals surface area contributed by atoms with Crippen molar-refractivity contribution in [2.45, 2.75) is 6.92 Å². The van der Waals surface area contributed by atoms with Crippen LogP contribution in [0.2, 0.25) is 0 Å². The molecule has 1 aromatic heterocycles. The normalized spacial score (nSPS) is 12.6. The van der Waals surface area contributed by atoms with Crippen LogP contribution >= 0.6 is 11.3 Å². The number of aromatic nitrogens is 1. The molecule has 15 heavy (non-hydrogen) atoms. The highest BCUT2D eigenvalue weighted by atomic mass is 32.1. The molecule has 0 amide bonds. The third kappa shape index (κ3) is 2.89. The van der Waals surface area contributed by atoms with E-state index >= 15 is 0 Å². The van der Waals surface area contributed by atoms with Crippen LogP contribution in [0.25, 0.3) is 5.57 Å². The number of hydrogen-bond acceptors (Lipinski definition) is 4. The number of nitrogen functional groups attached to an aromatic ring is 1. The van der Waals surface area contributed by atoms with Gasteiger partial charge in [0.15, 0.2) is 5.13 Å². The topological polar surface area (TPSA) is 56.0 Å². The van der Waals surface area contributed by atoms with Crippen molar-refractivity contribution in [3.8, 4) is 0 Å². The average molecular weight is 220 g/mol. The van der Waals surface area contributed by atoms with Gasteiger partial charge in [0.1, 0.15) is 6.29 Å². The lowest BCUT2D eigenvalue weighted by atomic mass is 10.1. The molecule has 0 aliphatic rings. The Balaban J connectivity index is 3.18. The summed E-state index contributed by atoms with van der Waals surface area (Å²) in [5, 5.41) is 2.37. The third-order valence-electron chi connectivity index (χ3n) is 1.87. The van der Waals surface area contributed by atoms with Crippen LogP contribution in [0.3, 0.4) is 0 Å². The Bertz CT molecular complexity index is 430. The van der Waals surface area contributed by atoms with Crippen molar-refractivity contribution < 1.29 is 4.79 Å². The Morgan fingerprint density at radius 3 is 2.87 bits per heavy atom. The van der Waals surface area contributed by atoms with Gasteiger partial charge < -0.3 is 5.73 Å². The van der Waals surface area contributed by atoms with Crippen LogP contribution in [-0.2, 0) is 4.79 Å². The highest BCUT2D eigenvalue weighted by Gasteiger charge is 2.04. The highest BCUT2D eigenvalue weighted by molar-refractivity contribution is 7.13. The van der Waals surface area contributed by atoms with Crippen LogP contribution in [0, 0.1) is 0 Å². The molecule has 0 fully saturated rings. The Hall–Kier alpha value is -1.68. The molecular weight excluding hydrogens is 208 g/mol. The number of allylic oxidation sites excluding steroid dienone is 5. The number of nitrogens with zero attached hydrogens (tertiary/aromatic N) is 1. The summed E-state index contributed by atoms with van der Waals surface area (Å²) in [7, 11) is 0. The zero-order valence-electron chi connectivity index (χ0n) is 8.43. The van der Waals surface area contributed by atoms with Crippen molar-refractivity contribution in [1.29, 1.82) is 0 Å². The van der Waals surface area contributed by atoms with Gasteiger partial charge in [-0.2, -0.15) is 0 Å². The van der Waals surface area contributed by atoms with Crippen molar-refractivity contribution in [2.75, 3.05) is 5.73 Å². The lowest BCUT2D eigenvalue weighted by Gasteiger charge is -2.00. The molecule has 0 atom stereocenters. The Morgan fingerprint density at radius 2 is 2.40 bits per heavy atom. The number of hydrogen-bond donors (Lipinski definition) is 1. The highest BCUT2D eigenvalue weighted by Crippen LogP contribution is 2.23. The number of carbonyl (C=O) groups excluding carboxylic acids is 1. The molecule has 0 unspecified atom stereocenters. The van der Waals surface area contributed by atoms with Gasteiger partial charge in [-0.15, -0.1) is 11.3 Å². The summed E-state index contributed by atoms with van der Waals surface area (Å²) in [5.74, 6) is 0. The van der Waals surface area contributed by atoms with Crippen molar-refractivity contribution >= 4 is 28.3 Å². The van der Waals surface area contributed by atoms with Crippen molar-refractivity contribution in [1.82, 2.24) is 4.98 Å². The molecule has 78 valence electrons. The zero-order valence-corrected chi connectivity index (χ0v) is 9.25. The number of anilines is 1. The molecule has 1 aromatic rings. The zero-order chi connectivity index (χ0) is 11.3. The first kappa shape index (κ1) is 11.4. The van der Waals surface area contributed by atoms with Crippen LogP contribution in [0.15, 0.2) is 35.8 Å². The van der Waals surface area contributed by atoms with E-state index in [1.165, 1.54) is 17.4 Å². The van der Waals surface area contributed by atoms with Crippen LogP contribution in [0.1, 0.15) is 12.6 Å². The molecule has 0 aromatic carbocycles. The van der Waals surface area contributed by atoms with Gasteiger partial charge in [0.05, 0.1) is 5.69 Å².